The van der Waals surface area contributed by atoms with Crippen molar-refractivity contribution in [3.8, 4) is 0 Å². The topological polar surface area (TPSA) is 0 Å². The first kappa shape index (κ1) is 31.0. The van der Waals surface area contributed by atoms with Gasteiger partial charge in [-0.2, -0.15) is 0 Å². The molecule has 1 aliphatic carbocycles. The van der Waals surface area contributed by atoms with E-state index in [1.54, 1.807) is 44.5 Å². The Morgan fingerprint density at radius 2 is 0.810 bits per heavy atom. The Morgan fingerprint density at radius 1 is 0.476 bits per heavy atom. The fourth-order valence-corrected chi connectivity index (χ4v) is 8.28. The molecule has 0 aromatic heterocycles. The molecule has 0 nitrogen and oxygen atoms in total. The zero-order valence-electron chi connectivity index (χ0n) is 27.8. The highest BCUT2D eigenvalue weighted by molar-refractivity contribution is 6.39. The van der Waals surface area contributed by atoms with Crippen LogP contribution in [0.25, 0.3) is 21.5 Å². The summed E-state index contributed by atoms with van der Waals surface area (Å²) in [5, 5.41) is 6.01. The summed E-state index contributed by atoms with van der Waals surface area (Å²) in [6.45, 7) is 18.3. The van der Waals surface area contributed by atoms with Crippen molar-refractivity contribution in [1.82, 2.24) is 0 Å². The zero-order valence-corrected chi connectivity index (χ0v) is 27.8. The molecular formula is C40H50B2. The van der Waals surface area contributed by atoms with E-state index in [0.717, 1.165) is 73.4 Å². The summed E-state index contributed by atoms with van der Waals surface area (Å²) in [5.74, 6) is 0. The third-order valence-corrected chi connectivity index (χ3v) is 10.7. The zero-order chi connectivity index (χ0) is 30.3. The molecule has 0 saturated carbocycles. The first-order chi connectivity index (χ1) is 20.3. The van der Waals surface area contributed by atoms with Crippen molar-refractivity contribution in [1.29, 1.82) is 0 Å². The van der Waals surface area contributed by atoms with Gasteiger partial charge in [0.05, 0.1) is 0 Å². The van der Waals surface area contributed by atoms with Crippen LogP contribution in [0.4, 0.5) is 0 Å². The lowest BCUT2D eigenvalue weighted by Gasteiger charge is -2.32. The van der Waals surface area contributed by atoms with Gasteiger partial charge in [0.15, 0.2) is 0 Å². The Kier molecular flexibility index (Phi) is 9.32. The normalized spacial score (nSPS) is 12.8. The van der Waals surface area contributed by atoms with Gasteiger partial charge in [-0.05, 0) is 167 Å². The van der Waals surface area contributed by atoms with Crippen LogP contribution < -0.4 is 10.9 Å². The molecular weight excluding hydrogens is 502 g/mol. The fraction of sp³-hybridized carbons (Fsp3) is 0.500. The Morgan fingerprint density at radius 3 is 1.12 bits per heavy atom. The van der Waals surface area contributed by atoms with Crippen molar-refractivity contribution < 1.29 is 0 Å². The van der Waals surface area contributed by atoms with E-state index < -0.39 is 0 Å². The van der Waals surface area contributed by atoms with Crippen LogP contribution in [-0.4, -0.2) is 15.7 Å². The van der Waals surface area contributed by atoms with E-state index in [1.807, 2.05) is 0 Å². The van der Waals surface area contributed by atoms with Crippen LogP contribution in [0.15, 0.2) is 12.1 Å². The largest absolute Gasteiger partial charge is 0.114 e. The second-order valence-electron chi connectivity index (χ2n) is 12.8. The Hall–Kier alpha value is -2.47. The minimum Gasteiger partial charge on any atom is -0.0898 e. The quantitative estimate of drug-likeness (QED) is 0.120. The van der Waals surface area contributed by atoms with E-state index in [2.05, 4.69) is 67.5 Å². The summed E-state index contributed by atoms with van der Waals surface area (Å²) in [6.07, 6.45) is 13.3. The van der Waals surface area contributed by atoms with Gasteiger partial charge in [0.2, 0.25) is 0 Å². The minimum atomic E-state index is 0.907. The second kappa shape index (κ2) is 12.6. The second-order valence-corrected chi connectivity index (χ2v) is 12.8. The van der Waals surface area contributed by atoms with Crippen LogP contribution in [-0.2, 0) is 51.4 Å². The molecule has 0 atom stereocenters. The average Bonchev–Trinajstić information content (AvgIpc) is 3.01. The summed E-state index contributed by atoms with van der Waals surface area (Å²) in [6, 6.07) is 5.27. The predicted octanol–water partition coefficient (Wildman–Crippen LogP) is 8.63. The summed E-state index contributed by atoms with van der Waals surface area (Å²) >= 11 is 0. The third kappa shape index (κ3) is 4.86. The first-order valence-electron chi connectivity index (χ1n) is 17.0. The van der Waals surface area contributed by atoms with Gasteiger partial charge in [-0.1, -0.05) is 76.4 Å². The number of hydrogen-bond donors (Lipinski definition) is 0. The van der Waals surface area contributed by atoms with Crippen molar-refractivity contribution in [2.75, 3.05) is 0 Å². The summed E-state index contributed by atoms with van der Waals surface area (Å²) in [7, 11) is 13.7. The lowest BCUT2D eigenvalue weighted by atomic mass is 9.67. The molecule has 0 fully saturated rings. The number of unbranched alkanes of at least 4 members (excludes halogenated alkanes) is 2. The maximum absolute atomic E-state index is 6.86. The molecule has 0 saturated heterocycles. The van der Waals surface area contributed by atoms with Crippen LogP contribution in [0, 0.1) is 13.8 Å². The van der Waals surface area contributed by atoms with Gasteiger partial charge in [0.1, 0.15) is 15.7 Å². The monoisotopic (exact) mass is 552 g/mol. The molecule has 1 aliphatic rings. The predicted molar refractivity (Wildman–Crippen MR) is 188 cm³/mol. The summed E-state index contributed by atoms with van der Waals surface area (Å²) in [5.41, 5.74) is 19.4. The molecule has 0 amide bonds. The third-order valence-electron chi connectivity index (χ3n) is 10.7. The van der Waals surface area contributed by atoms with Crippen molar-refractivity contribution in [3.05, 3.63) is 78.9 Å². The molecule has 0 spiro atoms. The molecule has 42 heavy (non-hydrogen) atoms. The van der Waals surface area contributed by atoms with E-state index in [9.17, 15) is 0 Å². The highest BCUT2D eigenvalue weighted by Gasteiger charge is 2.28. The Labute approximate surface area is 258 Å². The molecule has 5 rings (SSSR count). The van der Waals surface area contributed by atoms with Crippen molar-refractivity contribution in [3.63, 3.8) is 0 Å². The SMILES string of the molecule is [B]c1c(C)c(C)c([B])c2c1Cc1c(c(CCCC)c3cc4c(CC)c(CC)c(CC)c(CC)c4cc3c1CCCC)C2. The highest BCUT2D eigenvalue weighted by Crippen LogP contribution is 2.42. The fourth-order valence-electron chi connectivity index (χ4n) is 8.28. The molecule has 4 radical (unpaired) electrons. The first-order valence-corrected chi connectivity index (χ1v) is 17.0. The van der Waals surface area contributed by atoms with Crippen LogP contribution in [0.1, 0.15) is 134 Å². The van der Waals surface area contributed by atoms with Crippen LogP contribution in [0.5, 0.6) is 0 Å². The van der Waals surface area contributed by atoms with Gasteiger partial charge in [-0.15, -0.1) is 0 Å². The molecule has 4 aromatic carbocycles. The van der Waals surface area contributed by atoms with Gasteiger partial charge in [-0.25, -0.2) is 0 Å². The molecule has 0 N–H and O–H groups in total. The van der Waals surface area contributed by atoms with Crippen LogP contribution >= 0.6 is 0 Å². The van der Waals surface area contributed by atoms with E-state index in [-0.39, 0.29) is 0 Å². The summed E-state index contributed by atoms with van der Waals surface area (Å²) < 4.78 is 0. The van der Waals surface area contributed by atoms with E-state index >= 15 is 0 Å². The van der Waals surface area contributed by atoms with E-state index in [4.69, 9.17) is 15.7 Å². The molecule has 0 bridgehead atoms. The average molecular weight is 552 g/mol. The molecule has 216 valence electrons. The Bertz CT molecular complexity index is 1550. The number of hydrogen-bond acceptors (Lipinski definition) is 0. The van der Waals surface area contributed by atoms with Crippen LogP contribution in [0.3, 0.4) is 0 Å². The molecule has 0 unspecified atom stereocenters. The van der Waals surface area contributed by atoms with Crippen molar-refractivity contribution in [2.45, 2.75) is 132 Å². The standard InChI is InChI=1S/C40H50B2/c1-9-15-17-29-33-19-31-27(13-5)25(11-3)26(12-4)28(14-6)32(31)20-34(33)30(18-16-10-2)36-22-38-37(21-35(29)36)39(41)23(7)24(8)40(38)42/h19-20H,9-18,21-22H2,1-8H3. The molecule has 2 heteroatoms. The maximum atomic E-state index is 6.86. The van der Waals surface area contributed by atoms with E-state index in [1.165, 1.54) is 58.4 Å². The van der Waals surface area contributed by atoms with Crippen molar-refractivity contribution >= 4 is 48.2 Å². The summed E-state index contributed by atoms with van der Waals surface area (Å²) in [4.78, 5) is 0. The number of aryl methyl sites for hydroxylation is 4. The van der Waals surface area contributed by atoms with Gasteiger partial charge in [0, 0.05) is 0 Å². The van der Waals surface area contributed by atoms with Crippen molar-refractivity contribution in [2.24, 2.45) is 0 Å². The van der Waals surface area contributed by atoms with Gasteiger partial charge >= 0.3 is 0 Å². The van der Waals surface area contributed by atoms with Gasteiger partial charge in [-0.3, -0.25) is 0 Å². The number of benzene rings is 4. The van der Waals surface area contributed by atoms with Gasteiger partial charge in [0.25, 0.3) is 0 Å². The molecule has 4 aromatic rings. The van der Waals surface area contributed by atoms with E-state index in [0.29, 0.717) is 0 Å². The van der Waals surface area contributed by atoms with Crippen LogP contribution in [0.2, 0.25) is 0 Å². The van der Waals surface area contributed by atoms with Gasteiger partial charge < -0.3 is 0 Å². The lowest BCUT2D eigenvalue weighted by Crippen LogP contribution is -2.32. The lowest BCUT2D eigenvalue weighted by molar-refractivity contribution is 0.775. The molecule has 0 heterocycles. The Balaban J connectivity index is 1.95. The highest BCUT2D eigenvalue weighted by atomic mass is 14.3. The maximum Gasteiger partial charge on any atom is 0.114 e. The smallest absolute Gasteiger partial charge is 0.0898 e. The minimum absolute atomic E-state index is 0.907. The number of fused-ring (bicyclic) bond motifs is 4. The number of rotatable bonds is 10. The molecule has 0 aliphatic heterocycles.